The molecular weight excluding hydrogens is 301 g/mol. The molecule has 0 radical (unpaired) electrons. The summed E-state index contributed by atoms with van der Waals surface area (Å²) >= 11 is 0. The van der Waals surface area contributed by atoms with Crippen LogP contribution in [0.25, 0.3) is 0 Å². The Bertz CT molecular complexity index is 692. The molecule has 1 atom stereocenters. The maximum Gasteiger partial charge on any atom is 0.239 e. The van der Waals surface area contributed by atoms with E-state index in [1.54, 1.807) is 24.3 Å². The Morgan fingerprint density at radius 3 is 2.87 bits per heavy atom. The lowest BCUT2D eigenvalue weighted by molar-refractivity contribution is 0.168. The van der Waals surface area contributed by atoms with Gasteiger partial charge in [0.1, 0.15) is 36.8 Å². The Hall–Kier alpha value is -3.21. The van der Waals surface area contributed by atoms with Crippen molar-refractivity contribution in [2.45, 2.75) is 6.30 Å². The van der Waals surface area contributed by atoms with Gasteiger partial charge in [-0.2, -0.15) is 10.4 Å². The Morgan fingerprint density at radius 1 is 1.48 bits per heavy atom. The molecule has 0 fully saturated rings. The second kappa shape index (κ2) is 8.29. The predicted octanol–water partition coefficient (Wildman–Crippen LogP) is 2.26. The Labute approximate surface area is 132 Å². The highest BCUT2D eigenvalue weighted by atomic mass is 19.1. The van der Waals surface area contributed by atoms with Crippen molar-refractivity contribution in [1.82, 2.24) is 14.8 Å². The quantitative estimate of drug-likeness (QED) is 0.323. The van der Waals surface area contributed by atoms with Gasteiger partial charge in [-0.1, -0.05) is 17.8 Å². The monoisotopic (exact) mass is 315 g/mol. The van der Waals surface area contributed by atoms with Gasteiger partial charge >= 0.3 is 0 Å². The molecular formula is C15H14FN5O2. The van der Waals surface area contributed by atoms with E-state index in [0.717, 1.165) is 4.68 Å². The molecule has 0 saturated carbocycles. The molecule has 1 aromatic carbocycles. The summed E-state index contributed by atoms with van der Waals surface area (Å²) in [4.78, 5) is 8.72. The lowest BCUT2D eigenvalue weighted by atomic mass is 10.1. The zero-order valence-corrected chi connectivity index (χ0v) is 12.2. The minimum absolute atomic E-state index is 0.0317. The van der Waals surface area contributed by atoms with E-state index in [9.17, 15) is 4.39 Å². The molecule has 0 bridgehead atoms. The van der Waals surface area contributed by atoms with E-state index in [-0.39, 0.29) is 18.9 Å². The van der Waals surface area contributed by atoms with Gasteiger partial charge in [0.05, 0.1) is 0 Å². The number of rotatable bonds is 8. The van der Waals surface area contributed by atoms with Crippen LogP contribution in [0.3, 0.4) is 0 Å². The lowest BCUT2D eigenvalue weighted by Gasteiger charge is -2.12. The maximum atomic E-state index is 14.6. The molecule has 0 spiro atoms. The van der Waals surface area contributed by atoms with E-state index in [4.69, 9.17) is 14.8 Å². The molecule has 118 valence electrons. The summed E-state index contributed by atoms with van der Waals surface area (Å²) in [6.07, 6.45) is 2.32. The van der Waals surface area contributed by atoms with Crippen LogP contribution in [-0.4, -0.2) is 33.7 Å². The third-order valence-corrected chi connectivity index (χ3v) is 2.70. The fourth-order valence-electron chi connectivity index (χ4n) is 1.69. The van der Waals surface area contributed by atoms with Crippen LogP contribution in [0.15, 0.2) is 54.7 Å². The van der Waals surface area contributed by atoms with Gasteiger partial charge in [-0.25, -0.2) is 14.1 Å². The van der Waals surface area contributed by atoms with Crippen LogP contribution < -0.4 is 4.74 Å². The zero-order chi connectivity index (χ0) is 16.5. The molecule has 1 aromatic heterocycles. The number of ether oxygens (including phenoxy) is 1. The Kier molecular flexibility index (Phi) is 5.82. The van der Waals surface area contributed by atoms with Crippen LogP contribution in [0.1, 0.15) is 11.9 Å². The largest absolute Gasteiger partial charge is 0.479 e. The van der Waals surface area contributed by atoms with E-state index in [1.165, 1.54) is 18.7 Å². The fraction of sp³-hybridized carbons (Fsp3) is 0.200. The van der Waals surface area contributed by atoms with E-state index < -0.39 is 6.30 Å². The van der Waals surface area contributed by atoms with Crippen molar-refractivity contribution in [1.29, 1.82) is 5.26 Å². The summed E-state index contributed by atoms with van der Waals surface area (Å²) in [7, 11) is 0. The molecule has 1 heterocycles. The van der Waals surface area contributed by atoms with Crippen molar-refractivity contribution < 1.29 is 14.0 Å². The highest BCUT2D eigenvalue weighted by Gasteiger charge is 2.21. The first-order valence-electron chi connectivity index (χ1n) is 6.65. The summed E-state index contributed by atoms with van der Waals surface area (Å²) in [5.41, 5.74) is 0.519. The predicted molar refractivity (Wildman–Crippen MR) is 80.4 cm³/mol. The number of oxime groups is 1. The van der Waals surface area contributed by atoms with Gasteiger partial charge < -0.3 is 9.57 Å². The van der Waals surface area contributed by atoms with E-state index in [2.05, 4.69) is 21.8 Å². The minimum atomic E-state index is -1.66. The number of hydrogen-bond donors (Lipinski definition) is 0. The highest BCUT2D eigenvalue weighted by Crippen LogP contribution is 2.19. The summed E-state index contributed by atoms with van der Waals surface area (Å²) < 4.78 is 20.8. The standard InChI is InChI=1S/C15H14FN5O2/c1-2-8-23-20-14(15(16)21-11-18-10-19-21)12-3-5-13(6-4-12)22-9-7-17/h2-6,10-11,15H,1,8-9H2. The van der Waals surface area contributed by atoms with E-state index in [0.29, 0.717) is 11.3 Å². The second-order valence-electron chi connectivity index (χ2n) is 4.24. The first-order valence-corrected chi connectivity index (χ1v) is 6.65. The molecule has 0 N–H and O–H groups in total. The number of hydrogen-bond acceptors (Lipinski definition) is 6. The SMILES string of the molecule is C=CCON=C(c1ccc(OCC#N)cc1)C(F)n1cncn1. The Balaban J connectivity index is 2.24. The molecule has 2 aromatic rings. The molecule has 2 rings (SSSR count). The van der Waals surface area contributed by atoms with Crippen molar-refractivity contribution >= 4 is 5.71 Å². The number of aromatic nitrogens is 3. The normalized spacial score (nSPS) is 12.3. The van der Waals surface area contributed by atoms with Gasteiger partial charge in [-0.15, -0.1) is 0 Å². The molecule has 23 heavy (non-hydrogen) atoms. The van der Waals surface area contributed by atoms with Gasteiger partial charge in [-0.3, -0.25) is 0 Å². The minimum Gasteiger partial charge on any atom is -0.479 e. The number of nitriles is 1. The average Bonchev–Trinajstić information content (AvgIpc) is 3.12. The third kappa shape index (κ3) is 4.38. The number of halogens is 1. The van der Waals surface area contributed by atoms with Crippen molar-refractivity contribution in [2.75, 3.05) is 13.2 Å². The van der Waals surface area contributed by atoms with Crippen LogP contribution in [0, 0.1) is 11.3 Å². The van der Waals surface area contributed by atoms with Gasteiger partial charge in [0, 0.05) is 5.56 Å². The number of alkyl halides is 1. The van der Waals surface area contributed by atoms with E-state index >= 15 is 0 Å². The Morgan fingerprint density at radius 2 is 2.26 bits per heavy atom. The topological polar surface area (TPSA) is 85.3 Å². The summed E-state index contributed by atoms with van der Waals surface area (Å²) in [5.74, 6) is 0.498. The molecule has 0 aliphatic rings. The van der Waals surface area contributed by atoms with Crippen LogP contribution in [0.4, 0.5) is 4.39 Å². The van der Waals surface area contributed by atoms with Crippen LogP contribution in [-0.2, 0) is 4.84 Å². The van der Waals surface area contributed by atoms with Crippen molar-refractivity contribution in [3.63, 3.8) is 0 Å². The van der Waals surface area contributed by atoms with Gasteiger partial charge in [-0.05, 0) is 24.3 Å². The van der Waals surface area contributed by atoms with E-state index in [1.807, 2.05) is 6.07 Å². The lowest BCUT2D eigenvalue weighted by Crippen LogP contribution is -2.17. The molecule has 0 amide bonds. The highest BCUT2D eigenvalue weighted by molar-refractivity contribution is 6.02. The van der Waals surface area contributed by atoms with Crippen LogP contribution in [0.5, 0.6) is 5.75 Å². The summed E-state index contributed by atoms with van der Waals surface area (Å²) in [5, 5.41) is 16.1. The molecule has 8 heteroatoms. The van der Waals surface area contributed by atoms with Crippen molar-refractivity contribution in [3.8, 4) is 11.8 Å². The van der Waals surface area contributed by atoms with Crippen LogP contribution >= 0.6 is 0 Å². The molecule has 0 aliphatic heterocycles. The molecule has 0 saturated heterocycles. The zero-order valence-electron chi connectivity index (χ0n) is 12.2. The smallest absolute Gasteiger partial charge is 0.239 e. The average molecular weight is 315 g/mol. The van der Waals surface area contributed by atoms with Gasteiger partial charge in [0.15, 0.2) is 6.61 Å². The third-order valence-electron chi connectivity index (χ3n) is 2.70. The first kappa shape index (κ1) is 16.2. The van der Waals surface area contributed by atoms with Crippen LogP contribution in [0.2, 0.25) is 0 Å². The maximum absolute atomic E-state index is 14.6. The number of benzene rings is 1. The van der Waals surface area contributed by atoms with Gasteiger partial charge in [0.25, 0.3) is 0 Å². The summed E-state index contributed by atoms with van der Waals surface area (Å²) in [6, 6.07) is 8.34. The summed E-state index contributed by atoms with van der Waals surface area (Å²) in [6.45, 7) is 3.59. The molecule has 0 aliphatic carbocycles. The second-order valence-corrected chi connectivity index (χ2v) is 4.24. The number of nitrogens with zero attached hydrogens (tertiary/aromatic N) is 5. The fourth-order valence-corrected chi connectivity index (χ4v) is 1.69. The first-order chi connectivity index (χ1) is 11.3. The van der Waals surface area contributed by atoms with Gasteiger partial charge in [0.2, 0.25) is 6.30 Å². The van der Waals surface area contributed by atoms with Crippen molar-refractivity contribution in [2.24, 2.45) is 5.16 Å². The van der Waals surface area contributed by atoms with Crippen molar-refractivity contribution in [3.05, 3.63) is 55.1 Å². The molecule has 1 unspecified atom stereocenters. The molecule has 7 nitrogen and oxygen atoms in total.